The number of amides is 2. The second kappa shape index (κ2) is 11.5. The van der Waals surface area contributed by atoms with Gasteiger partial charge in [-0.25, -0.2) is 9.78 Å². The van der Waals surface area contributed by atoms with Crippen LogP contribution in [0, 0.1) is 4.91 Å². The highest BCUT2D eigenvalue weighted by molar-refractivity contribution is 8.07. The molecule has 1 saturated heterocycles. The Morgan fingerprint density at radius 1 is 1.36 bits per heavy atom. The number of nitrogens with two attached hydrogens (primary N) is 2. The topological polar surface area (TPSA) is 207 Å². The van der Waals surface area contributed by atoms with Gasteiger partial charge >= 0.3 is 5.97 Å². The van der Waals surface area contributed by atoms with Gasteiger partial charge in [0.25, 0.3) is 11.8 Å². The number of nitrogens with one attached hydrogen (secondary N) is 1. The lowest BCUT2D eigenvalue weighted by atomic mass is 10.0. The number of carboxylic acids is 1. The van der Waals surface area contributed by atoms with Crippen molar-refractivity contribution in [3.05, 3.63) is 44.4 Å². The van der Waals surface area contributed by atoms with Crippen LogP contribution in [0.5, 0.6) is 0 Å². The summed E-state index contributed by atoms with van der Waals surface area (Å²) in [5, 5.41) is 23.6. The second-order valence-electron chi connectivity index (χ2n) is 7.37. The maximum Gasteiger partial charge on any atom is 0.353 e. The molecular weight excluding hydrogens is 549 g/mol. The van der Waals surface area contributed by atoms with E-state index in [1.54, 1.807) is 11.8 Å². The van der Waals surface area contributed by atoms with E-state index in [1.165, 1.54) is 41.3 Å². The van der Waals surface area contributed by atoms with Crippen molar-refractivity contribution < 1.29 is 19.5 Å². The van der Waals surface area contributed by atoms with Crippen LogP contribution in [-0.2, 0) is 20.1 Å². The summed E-state index contributed by atoms with van der Waals surface area (Å²) in [5.74, 6) is -0.834. The predicted molar refractivity (Wildman–Crippen MR) is 138 cm³/mol. The predicted octanol–water partition coefficient (Wildman–Crippen LogP) is 1.00. The molecule has 3 atom stereocenters. The first-order chi connectivity index (χ1) is 17.3. The third kappa shape index (κ3) is 5.49. The largest absolute Gasteiger partial charge is 0.477 e. The molecule has 2 amide bonds. The van der Waals surface area contributed by atoms with Crippen LogP contribution in [0.3, 0.4) is 0 Å². The number of carboxylic acid groups (broad SMARTS) is 1. The van der Waals surface area contributed by atoms with Crippen molar-refractivity contribution in [2.45, 2.75) is 27.6 Å². The molecule has 36 heavy (non-hydrogen) atoms. The number of thioether (sulfide) groups is 3. The highest BCUT2D eigenvalue weighted by Crippen LogP contribution is 2.45. The number of aliphatic carboxylic acids is 1. The van der Waals surface area contributed by atoms with Gasteiger partial charge in [0.05, 0.1) is 5.69 Å². The summed E-state index contributed by atoms with van der Waals surface area (Å²) < 4.78 is 0.568. The standard InChI is InChI=1S/C19H20N8O5S4/c20-4-5-33-7-11-24-25-19(36-11)35-9-6-34-17-13(16(29)27(17)14(9)18(30)31)23-15(28)12(26-32)8-2-1-3-10(21)22-8/h1-3,12-13,17H,4-7,20H2,(H2,21,22)(H,23,28)(H,30,31). The van der Waals surface area contributed by atoms with Gasteiger partial charge < -0.3 is 21.9 Å². The first kappa shape index (κ1) is 26.3. The van der Waals surface area contributed by atoms with E-state index in [0.717, 1.165) is 27.4 Å². The van der Waals surface area contributed by atoms with Gasteiger partial charge in [0.2, 0.25) is 6.04 Å². The monoisotopic (exact) mass is 568 g/mol. The third-order valence-electron chi connectivity index (χ3n) is 5.01. The first-order valence-corrected chi connectivity index (χ1v) is 14.2. The van der Waals surface area contributed by atoms with Gasteiger partial charge in [-0.2, -0.15) is 11.8 Å². The van der Waals surface area contributed by atoms with E-state index in [1.807, 2.05) is 0 Å². The molecule has 0 spiro atoms. The highest BCUT2D eigenvalue weighted by atomic mass is 32.2. The molecule has 190 valence electrons. The van der Waals surface area contributed by atoms with E-state index < -0.39 is 35.2 Å². The second-order valence-corrected chi connectivity index (χ2v) is 12.0. The number of fused-ring (bicyclic) bond motifs is 1. The number of hydrogen-bond acceptors (Lipinski definition) is 14. The fourth-order valence-electron chi connectivity index (χ4n) is 3.44. The SMILES string of the molecule is NCCSCc1nnc(SC2=C(C(=O)O)N3C(=O)C(NC(=O)C(N=O)c4cccc(N)n4)C3SC2)s1. The zero-order valence-electron chi connectivity index (χ0n) is 18.4. The number of aromatic nitrogens is 3. The third-order valence-corrected chi connectivity index (χ3v) is 9.71. The van der Waals surface area contributed by atoms with Gasteiger partial charge in [0.15, 0.2) is 4.34 Å². The van der Waals surface area contributed by atoms with Gasteiger partial charge in [-0.1, -0.05) is 29.2 Å². The summed E-state index contributed by atoms with van der Waals surface area (Å²) in [6, 6.07) is 1.94. The number of rotatable bonds is 11. The normalized spacial score (nSPS) is 19.9. The fourth-order valence-corrected chi connectivity index (χ4v) is 7.80. The van der Waals surface area contributed by atoms with Crippen LogP contribution in [0.2, 0.25) is 0 Å². The van der Waals surface area contributed by atoms with Crippen LogP contribution in [-0.4, -0.2) is 72.4 Å². The maximum absolute atomic E-state index is 12.9. The van der Waals surface area contributed by atoms with Crippen molar-refractivity contribution in [3.63, 3.8) is 0 Å². The molecule has 0 saturated carbocycles. The molecule has 13 nitrogen and oxygen atoms in total. The number of carbonyl (C=O) groups excluding carboxylic acids is 2. The van der Waals surface area contributed by atoms with Crippen LogP contribution in [0.15, 0.2) is 38.3 Å². The minimum absolute atomic E-state index is 0.0464. The Labute approximate surface area is 221 Å². The summed E-state index contributed by atoms with van der Waals surface area (Å²) in [4.78, 5) is 54.6. The Hall–Kier alpha value is -2.73. The zero-order chi connectivity index (χ0) is 25.8. The molecule has 2 aromatic heterocycles. The Kier molecular flexibility index (Phi) is 8.45. The number of anilines is 1. The van der Waals surface area contributed by atoms with E-state index in [0.29, 0.717) is 21.5 Å². The fraction of sp³-hybridized carbons (Fsp3) is 0.368. The average molecular weight is 569 g/mol. The van der Waals surface area contributed by atoms with Crippen LogP contribution in [0.1, 0.15) is 16.7 Å². The molecule has 0 aromatic carbocycles. The number of nitrogen functional groups attached to an aromatic ring is 1. The van der Waals surface area contributed by atoms with E-state index in [9.17, 15) is 24.4 Å². The lowest BCUT2D eigenvalue weighted by Crippen LogP contribution is -2.70. The number of pyridine rings is 1. The smallest absolute Gasteiger partial charge is 0.353 e. The number of β-lactam (4-membered cyclic amide) rings is 1. The first-order valence-electron chi connectivity index (χ1n) is 10.4. The summed E-state index contributed by atoms with van der Waals surface area (Å²) in [6.45, 7) is 0.563. The van der Waals surface area contributed by atoms with Crippen LogP contribution >= 0.6 is 46.6 Å². The van der Waals surface area contributed by atoms with Crippen molar-refractivity contribution in [3.8, 4) is 0 Å². The zero-order valence-corrected chi connectivity index (χ0v) is 21.7. The summed E-state index contributed by atoms with van der Waals surface area (Å²) in [5.41, 5.74) is 11.0. The molecule has 0 radical (unpaired) electrons. The van der Waals surface area contributed by atoms with Gasteiger partial charge in [-0.3, -0.25) is 14.5 Å². The quantitative estimate of drug-likeness (QED) is 0.170. The Morgan fingerprint density at radius 2 is 2.17 bits per heavy atom. The van der Waals surface area contributed by atoms with Crippen LogP contribution < -0.4 is 16.8 Å². The molecule has 0 aliphatic carbocycles. The minimum atomic E-state index is -1.50. The molecular formula is C19H20N8O5S4. The van der Waals surface area contributed by atoms with Crippen molar-refractivity contribution in [2.24, 2.45) is 10.9 Å². The van der Waals surface area contributed by atoms with Crippen molar-refractivity contribution in [1.29, 1.82) is 0 Å². The molecule has 2 aliphatic heterocycles. The summed E-state index contributed by atoms with van der Waals surface area (Å²) >= 11 is 5.44. The van der Waals surface area contributed by atoms with Crippen molar-refractivity contribution in [1.82, 2.24) is 25.4 Å². The van der Waals surface area contributed by atoms with Crippen molar-refractivity contribution >= 4 is 70.2 Å². The minimum Gasteiger partial charge on any atom is -0.477 e. The lowest BCUT2D eigenvalue weighted by molar-refractivity contribution is -0.150. The molecule has 2 aromatic rings. The molecule has 17 heteroatoms. The number of carbonyl (C=O) groups is 3. The highest BCUT2D eigenvalue weighted by Gasteiger charge is 2.55. The average Bonchev–Trinajstić information content (AvgIpc) is 3.30. The molecule has 2 aliphatic rings. The van der Waals surface area contributed by atoms with Crippen molar-refractivity contribution in [2.75, 3.05) is 23.8 Å². The molecule has 6 N–H and O–H groups in total. The van der Waals surface area contributed by atoms with Crippen LogP contribution in [0.25, 0.3) is 0 Å². The van der Waals surface area contributed by atoms with Gasteiger partial charge in [0.1, 0.15) is 27.9 Å². The lowest BCUT2D eigenvalue weighted by Gasteiger charge is -2.49. The Morgan fingerprint density at radius 3 is 2.86 bits per heavy atom. The molecule has 4 rings (SSSR count). The molecule has 1 fully saturated rings. The van der Waals surface area contributed by atoms with Crippen LogP contribution in [0.4, 0.5) is 5.82 Å². The van der Waals surface area contributed by atoms with E-state index in [-0.39, 0.29) is 23.0 Å². The van der Waals surface area contributed by atoms with Gasteiger partial charge in [-0.15, -0.1) is 26.9 Å². The molecule has 4 heterocycles. The molecule has 3 unspecified atom stereocenters. The Balaban J connectivity index is 1.46. The van der Waals surface area contributed by atoms with Gasteiger partial charge in [0, 0.05) is 28.7 Å². The maximum atomic E-state index is 12.9. The Bertz CT molecular complexity index is 1220. The summed E-state index contributed by atoms with van der Waals surface area (Å²) in [6.07, 6.45) is 0. The summed E-state index contributed by atoms with van der Waals surface area (Å²) in [7, 11) is 0. The number of hydrogen-bond donors (Lipinski definition) is 4. The van der Waals surface area contributed by atoms with E-state index in [2.05, 4.69) is 25.7 Å². The molecule has 0 bridgehead atoms. The van der Waals surface area contributed by atoms with E-state index in [4.69, 9.17) is 11.5 Å². The van der Waals surface area contributed by atoms with E-state index >= 15 is 0 Å². The number of nitrogens with zero attached hydrogens (tertiary/aromatic N) is 5. The number of nitroso groups, excluding NO2 is 1. The van der Waals surface area contributed by atoms with Gasteiger partial charge in [-0.05, 0) is 17.3 Å².